The second kappa shape index (κ2) is 8.99. The van der Waals surface area contributed by atoms with Gasteiger partial charge in [0.1, 0.15) is 29.0 Å². The van der Waals surface area contributed by atoms with Gasteiger partial charge in [0.25, 0.3) is 5.91 Å². The van der Waals surface area contributed by atoms with E-state index in [1.165, 1.54) is 37.1 Å². The van der Waals surface area contributed by atoms with Gasteiger partial charge < -0.3 is 36.6 Å². The lowest BCUT2D eigenvalue weighted by atomic mass is 10.0. The highest BCUT2D eigenvalue weighted by Gasteiger charge is 2.55. The Balaban J connectivity index is 1.72. The topological polar surface area (TPSA) is 166 Å². The molecule has 166 valence electrons. The van der Waals surface area contributed by atoms with Crippen molar-refractivity contribution in [3.63, 3.8) is 0 Å². The Morgan fingerprint density at radius 1 is 1.42 bits per heavy atom. The molecule has 7 N–H and O–H groups in total. The summed E-state index contributed by atoms with van der Waals surface area (Å²) in [6, 6.07) is 2.27. The summed E-state index contributed by atoms with van der Waals surface area (Å²) >= 11 is 6.29. The predicted octanol–water partition coefficient (Wildman–Crippen LogP) is -0.349. The Labute approximate surface area is 187 Å². The average molecular weight is 468 g/mol. The number of β-lactam (4-membered cyclic amide) rings is 1. The first-order valence-corrected chi connectivity index (χ1v) is 10.5. The number of anilines is 1. The zero-order valence-corrected chi connectivity index (χ0v) is 18.2. The number of fused-ring (bicyclic) bond motifs is 1. The van der Waals surface area contributed by atoms with Gasteiger partial charge in [0.2, 0.25) is 5.91 Å². The molecule has 0 bridgehead atoms. The Kier molecular flexibility index (Phi) is 6.57. The number of nitrogens with one attached hydrogen (secondary N) is 3. The number of carboxylic acid groups (broad SMARTS) is 1. The number of methoxy groups -OCH3 is 1. The van der Waals surface area contributed by atoms with Crippen molar-refractivity contribution in [1.29, 1.82) is 0 Å². The average Bonchev–Trinajstić information content (AvgIpc) is 2.76. The maximum atomic E-state index is 12.7. The Hall–Kier alpha value is -3.03. The summed E-state index contributed by atoms with van der Waals surface area (Å²) in [7, 11) is 2.95. The number of benzene rings is 1. The lowest BCUT2D eigenvalue weighted by molar-refractivity contribution is -0.151. The number of carbonyl (C=O) groups excluding carboxylic acids is 2. The number of nitrogens with two attached hydrogens (primary N) is 1. The minimum Gasteiger partial charge on any atom is -0.506 e. The zero-order valence-electron chi connectivity index (χ0n) is 16.5. The fourth-order valence-electron chi connectivity index (χ4n) is 3.17. The van der Waals surface area contributed by atoms with Crippen LogP contribution in [0.2, 0.25) is 0 Å². The lowest BCUT2D eigenvalue weighted by Gasteiger charge is -2.49. The molecular formula is C18H21N5O6S2. The van der Waals surface area contributed by atoms with Crippen LogP contribution in [0.3, 0.4) is 0 Å². The van der Waals surface area contributed by atoms with E-state index in [1.54, 1.807) is 7.05 Å². The Bertz CT molecular complexity index is 984. The monoisotopic (exact) mass is 467 g/mol. The molecule has 0 spiro atoms. The molecule has 31 heavy (non-hydrogen) atoms. The van der Waals surface area contributed by atoms with Crippen LogP contribution >= 0.6 is 24.0 Å². The number of carboxylic acids is 1. The SMILES string of the molecule is CNC(=S)Nc1cc([C@@H](N)C(=O)N[C@@H]2C(=O)N3C(C(=O)O)=C(OC)CS[C@H]23)ccc1O. The molecule has 2 aliphatic rings. The number of aliphatic carboxylic acids is 1. The van der Waals surface area contributed by atoms with Crippen molar-refractivity contribution >= 4 is 52.6 Å². The van der Waals surface area contributed by atoms with E-state index in [9.17, 15) is 24.6 Å². The summed E-state index contributed by atoms with van der Waals surface area (Å²) in [5.41, 5.74) is 6.47. The summed E-state index contributed by atoms with van der Waals surface area (Å²) in [4.78, 5) is 37.9. The van der Waals surface area contributed by atoms with Crippen LogP contribution in [-0.4, -0.2) is 69.3 Å². The van der Waals surface area contributed by atoms with E-state index < -0.39 is 35.2 Å². The fraction of sp³-hybridized carbons (Fsp3) is 0.333. The van der Waals surface area contributed by atoms with Gasteiger partial charge >= 0.3 is 5.97 Å². The first-order valence-electron chi connectivity index (χ1n) is 9.02. The first-order chi connectivity index (χ1) is 14.7. The lowest BCUT2D eigenvalue weighted by Crippen LogP contribution is -2.71. The van der Waals surface area contributed by atoms with Gasteiger partial charge in [-0.1, -0.05) is 6.07 Å². The molecule has 1 aromatic rings. The van der Waals surface area contributed by atoms with E-state index in [1.807, 2.05) is 0 Å². The van der Waals surface area contributed by atoms with Gasteiger partial charge in [-0.3, -0.25) is 14.5 Å². The van der Waals surface area contributed by atoms with Crippen LogP contribution in [0.1, 0.15) is 11.6 Å². The first kappa shape index (κ1) is 22.7. The number of thioether (sulfide) groups is 1. The summed E-state index contributed by atoms with van der Waals surface area (Å²) in [6.45, 7) is 0. The van der Waals surface area contributed by atoms with Gasteiger partial charge in [-0.05, 0) is 29.9 Å². The number of phenols is 1. The molecule has 3 atom stereocenters. The molecule has 13 heteroatoms. The molecule has 2 aliphatic heterocycles. The number of nitrogens with zero attached hydrogens (tertiary/aromatic N) is 1. The fourth-order valence-corrected chi connectivity index (χ4v) is 4.60. The molecule has 0 aromatic heterocycles. The largest absolute Gasteiger partial charge is 0.506 e. The van der Waals surface area contributed by atoms with Crippen LogP contribution in [0.15, 0.2) is 29.7 Å². The maximum absolute atomic E-state index is 12.7. The highest BCUT2D eigenvalue weighted by molar-refractivity contribution is 8.00. The number of hydrogen-bond donors (Lipinski definition) is 6. The van der Waals surface area contributed by atoms with Crippen molar-refractivity contribution < 1.29 is 29.3 Å². The van der Waals surface area contributed by atoms with Crippen LogP contribution < -0.4 is 21.7 Å². The van der Waals surface area contributed by atoms with Crippen molar-refractivity contribution in [1.82, 2.24) is 15.5 Å². The van der Waals surface area contributed by atoms with Crippen LogP contribution in [0.25, 0.3) is 0 Å². The van der Waals surface area contributed by atoms with Crippen molar-refractivity contribution in [2.45, 2.75) is 17.5 Å². The maximum Gasteiger partial charge on any atom is 0.356 e. The minimum atomic E-state index is -1.28. The molecule has 3 rings (SSSR count). The zero-order chi connectivity index (χ0) is 22.9. The number of rotatable bonds is 6. The molecule has 0 unspecified atom stereocenters. The predicted molar refractivity (Wildman–Crippen MR) is 117 cm³/mol. The Morgan fingerprint density at radius 2 is 2.13 bits per heavy atom. The van der Waals surface area contributed by atoms with Crippen molar-refractivity contribution in [3.8, 4) is 5.75 Å². The van der Waals surface area contributed by atoms with Gasteiger partial charge in [0, 0.05) is 7.05 Å². The number of hydrogen-bond acceptors (Lipinski definition) is 8. The minimum absolute atomic E-state index is 0.0840. The highest BCUT2D eigenvalue weighted by atomic mass is 32.2. The van der Waals surface area contributed by atoms with Gasteiger partial charge in [0.15, 0.2) is 10.8 Å². The molecule has 1 aromatic carbocycles. The number of aromatic hydroxyl groups is 1. The third kappa shape index (κ3) is 4.24. The molecule has 0 saturated carbocycles. The number of amides is 2. The molecular weight excluding hydrogens is 446 g/mol. The molecule has 0 radical (unpaired) electrons. The second-order valence-corrected chi connectivity index (χ2v) is 8.15. The van der Waals surface area contributed by atoms with Crippen LogP contribution in [0.4, 0.5) is 5.69 Å². The smallest absolute Gasteiger partial charge is 0.356 e. The normalized spacial score (nSPS) is 20.9. The third-order valence-electron chi connectivity index (χ3n) is 4.82. The van der Waals surface area contributed by atoms with Gasteiger partial charge in [-0.15, -0.1) is 11.8 Å². The molecule has 1 fully saturated rings. The van der Waals surface area contributed by atoms with Crippen LogP contribution in [0, 0.1) is 0 Å². The van der Waals surface area contributed by atoms with Crippen LogP contribution in [0.5, 0.6) is 5.75 Å². The van der Waals surface area contributed by atoms with E-state index in [0.717, 1.165) is 4.90 Å². The number of ether oxygens (including phenoxy) is 1. The van der Waals surface area contributed by atoms with E-state index in [0.29, 0.717) is 5.56 Å². The van der Waals surface area contributed by atoms with Crippen molar-refractivity contribution in [3.05, 3.63) is 35.2 Å². The summed E-state index contributed by atoms with van der Waals surface area (Å²) < 4.78 is 5.07. The summed E-state index contributed by atoms with van der Waals surface area (Å²) in [6.07, 6.45) is 0. The van der Waals surface area contributed by atoms with E-state index in [4.69, 9.17) is 22.7 Å². The van der Waals surface area contributed by atoms with E-state index in [2.05, 4.69) is 16.0 Å². The van der Waals surface area contributed by atoms with Gasteiger partial charge in [-0.2, -0.15) is 0 Å². The summed E-state index contributed by atoms with van der Waals surface area (Å²) in [5.74, 6) is -2.10. The second-order valence-electron chi connectivity index (χ2n) is 6.64. The molecule has 2 heterocycles. The number of phenolic OH excluding ortho intramolecular Hbond substituents is 1. The van der Waals surface area contributed by atoms with Crippen LogP contribution in [-0.2, 0) is 19.1 Å². The molecule has 11 nitrogen and oxygen atoms in total. The van der Waals surface area contributed by atoms with Gasteiger partial charge in [-0.25, -0.2) is 4.79 Å². The number of thiocarbonyl (C=S) groups is 1. The molecule has 0 aliphatic carbocycles. The van der Waals surface area contributed by atoms with E-state index >= 15 is 0 Å². The highest BCUT2D eigenvalue weighted by Crippen LogP contribution is 2.40. The quantitative estimate of drug-likeness (QED) is 0.184. The van der Waals surface area contributed by atoms with E-state index in [-0.39, 0.29) is 33.8 Å². The standard InChI is InChI=1S/C18H21N5O6S2/c1-20-18(30)21-8-5-7(3-4-9(8)24)11(19)14(25)22-12-15(26)23-13(17(27)28)10(29-2)6-31-16(12)23/h3-5,11-12,16,24H,6,19H2,1-2H3,(H,22,25)(H,27,28)(H2,20,21,30)/t11-,12-,16-/m1/s1. The third-order valence-corrected chi connectivity index (χ3v) is 6.38. The van der Waals surface area contributed by atoms with Gasteiger partial charge in [0.05, 0.1) is 18.6 Å². The summed E-state index contributed by atoms with van der Waals surface area (Å²) in [5, 5.41) is 27.1. The molecule has 2 amide bonds. The van der Waals surface area contributed by atoms with Crippen molar-refractivity contribution in [2.24, 2.45) is 5.73 Å². The number of carbonyl (C=O) groups is 3. The molecule has 1 saturated heterocycles. The Morgan fingerprint density at radius 3 is 2.74 bits per heavy atom. The van der Waals surface area contributed by atoms with Crippen molar-refractivity contribution in [2.75, 3.05) is 25.2 Å².